The number of alkyl carbamates (subject to hydrolysis) is 1. The minimum Gasteiger partial charge on any atom is -0.480 e. The van der Waals surface area contributed by atoms with Gasteiger partial charge in [-0.2, -0.15) is 0 Å². The molecule has 2 aliphatic rings. The van der Waals surface area contributed by atoms with Crippen molar-refractivity contribution in [3.8, 4) is 11.1 Å². The van der Waals surface area contributed by atoms with E-state index in [1.807, 2.05) is 47.8 Å². The van der Waals surface area contributed by atoms with Gasteiger partial charge in [-0.3, -0.25) is 9.59 Å². The Balaban J connectivity index is 1.29. The fourth-order valence-electron chi connectivity index (χ4n) is 4.65. The Hall–Kier alpha value is -3.30. The van der Waals surface area contributed by atoms with Gasteiger partial charge in [0.25, 0.3) is 5.91 Å². The van der Waals surface area contributed by atoms with Gasteiger partial charge in [0.05, 0.1) is 0 Å². The van der Waals surface area contributed by atoms with Gasteiger partial charge in [-0.1, -0.05) is 54.6 Å². The summed E-state index contributed by atoms with van der Waals surface area (Å²) in [6.07, 6.45) is -0.681. The van der Waals surface area contributed by atoms with Crippen molar-refractivity contribution in [2.75, 3.05) is 25.4 Å². The lowest BCUT2D eigenvalue weighted by atomic mass is 9.98. The number of rotatable bonds is 6. The lowest BCUT2D eigenvalue weighted by Gasteiger charge is -2.33. The van der Waals surface area contributed by atoms with Crippen molar-refractivity contribution < 1.29 is 24.2 Å². The number of nitrogens with zero attached hydrogens (tertiary/aromatic N) is 1. The molecule has 1 fully saturated rings. The van der Waals surface area contributed by atoms with E-state index >= 15 is 0 Å². The molecule has 3 aromatic rings. The van der Waals surface area contributed by atoms with Gasteiger partial charge < -0.3 is 20.1 Å². The molecule has 9 heteroatoms. The van der Waals surface area contributed by atoms with E-state index in [1.165, 1.54) is 28.0 Å². The Bertz CT molecular complexity index is 1200. The maximum Gasteiger partial charge on any atom is 0.408 e. The van der Waals surface area contributed by atoms with Crippen molar-refractivity contribution in [1.82, 2.24) is 10.2 Å². The van der Waals surface area contributed by atoms with Gasteiger partial charge >= 0.3 is 12.1 Å². The quantitative estimate of drug-likeness (QED) is 0.514. The smallest absolute Gasteiger partial charge is 0.408 e. The first kappa shape index (κ1) is 23.4. The first-order valence-electron chi connectivity index (χ1n) is 11.3. The molecule has 2 aromatic carbocycles. The summed E-state index contributed by atoms with van der Waals surface area (Å²) in [5.74, 6) is -0.818. The second kappa shape index (κ2) is 10.1. The first-order chi connectivity index (χ1) is 17.0. The summed E-state index contributed by atoms with van der Waals surface area (Å²) in [7, 11) is 0. The Morgan fingerprint density at radius 2 is 1.71 bits per heavy atom. The molecular formula is C26H24N2O5S2. The predicted octanol–water partition coefficient (Wildman–Crippen LogP) is 4.36. The Labute approximate surface area is 211 Å². The molecule has 1 saturated heterocycles. The third-order valence-corrected chi connectivity index (χ3v) is 8.44. The van der Waals surface area contributed by atoms with Gasteiger partial charge in [0, 0.05) is 29.6 Å². The van der Waals surface area contributed by atoms with Crippen molar-refractivity contribution in [1.29, 1.82) is 0 Å². The number of nitrogens with one attached hydrogen (secondary N) is 1. The minimum absolute atomic E-state index is 0.0838. The largest absolute Gasteiger partial charge is 0.480 e. The van der Waals surface area contributed by atoms with Crippen LogP contribution in [0.2, 0.25) is 0 Å². The number of hydrogen-bond acceptors (Lipinski definition) is 6. The summed E-state index contributed by atoms with van der Waals surface area (Å²) in [5.41, 5.74) is 4.50. The van der Waals surface area contributed by atoms with E-state index in [0.717, 1.165) is 22.3 Å². The number of benzene rings is 2. The maximum atomic E-state index is 13.3. The highest BCUT2D eigenvalue weighted by atomic mass is 32.2. The molecule has 2 N–H and O–H groups in total. The fourth-order valence-corrected chi connectivity index (χ4v) is 6.45. The molecule has 5 rings (SSSR count). The van der Waals surface area contributed by atoms with Crippen molar-refractivity contribution in [2.24, 2.45) is 0 Å². The van der Waals surface area contributed by atoms with E-state index in [0.29, 0.717) is 17.2 Å². The molecule has 0 saturated carbocycles. The van der Waals surface area contributed by atoms with Crippen LogP contribution < -0.4 is 5.32 Å². The number of thiophene rings is 1. The normalized spacial score (nSPS) is 17.8. The number of hydrogen-bond donors (Lipinski definition) is 2. The Morgan fingerprint density at radius 3 is 2.34 bits per heavy atom. The number of aliphatic carboxylic acids is 1. The molecule has 7 nitrogen and oxygen atoms in total. The summed E-state index contributed by atoms with van der Waals surface area (Å²) >= 11 is 2.68. The van der Waals surface area contributed by atoms with Crippen LogP contribution in [0.25, 0.3) is 11.1 Å². The van der Waals surface area contributed by atoms with Gasteiger partial charge in [-0.05, 0) is 33.7 Å². The van der Waals surface area contributed by atoms with Crippen LogP contribution in [0, 0.1) is 0 Å². The molecule has 0 spiro atoms. The number of carbonyl (C=O) groups is 3. The summed E-state index contributed by atoms with van der Waals surface area (Å²) < 4.78 is 5.65. The third kappa shape index (κ3) is 4.78. The van der Waals surface area contributed by atoms with Crippen molar-refractivity contribution in [2.45, 2.75) is 17.2 Å². The number of carboxylic acids is 1. The molecular weight excluding hydrogens is 484 g/mol. The van der Waals surface area contributed by atoms with Crippen molar-refractivity contribution in [3.05, 3.63) is 82.0 Å². The number of ether oxygens (including phenoxy) is 1. The van der Waals surface area contributed by atoms with Gasteiger partial charge in [-0.25, -0.2) is 4.79 Å². The second-order valence-electron chi connectivity index (χ2n) is 8.40. The number of amides is 2. The average molecular weight is 509 g/mol. The molecule has 1 aliphatic heterocycles. The molecule has 2 atom stereocenters. The molecule has 2 amide bonds. The second-order valence-corrected chi connectivity index (χ2v) is 10.7. The van der Waals surface area contributed by atoms with Gasteiger partial charge in [0.2, 0.25) is 0 Å². The zero-order chi connectivity index (χ0) is 24.4. The fraction of sp³-hybridized carbons (Fsp3) is 0.269. The standard InChI is InChI=1S/C26H24N2O5S2/c29-24(28-11-13-35-22(14-28)25(30)31)23(21-10-5-12-34-21)27-26(32)33-15-20-18-8-3-1-6-16(18)17-7-2-4-9-19(17)20/h1-10,12,20,22-23H,11,13-15H2,(H,27,32)(H,30,31). The molecule has 2 heterocycles. The zero-order valence-electron chi connectivity index (χ0n) is 18.8. The summed E-state index contributed by atoms with van der Waals surface area (Å²) in [6, 6.07) is 18.9. The summed E-state index contributed by atoms with van der Waals surface area (Å²) in [5, 5.41) is 13.3. The monoisotopic (exact) mass is 508 g/mol. The van der Waals surface area contributed by atoms with E-state index in [-0.39, 0.29) is 25.0 Å². The van der Waals surface area contributed by atoms with E-state index < -0.39 is 23.4 Å². The summed E-state index contributed by atoms with van der Waals surface area (Å²) in [6.45, 7) is 0.682. The number of carbonyl (C=O) groups excluding carboxylic acids is 2. The predicted molar refractivity (Wildman–Crippen MR) is 136 cm³/mol. The van der Waals surface area contributed by atoms with Gasteiger partial charge in [0.1, 0.15) is 17.9 Å². The highest BCUT2D eigenvalue weighted by Gasteiger charge is 2.35. The zero-order valence-corrected chi connectivity index (χ0v) is 20.4. The van der Waals surface area contributed by atoms with Crippen LogP contribution in [0.15, 0.2) is 66.0 Å². The van der Waals surface area contributed by atoms with Crippen molar-refractivity contribution >= 4 is 41.1 Å². The molecule has 1 aromatic heterocycles. The van der Waals surface area contributed by atoms with E-state index in [9.17, 15) is 19.5 Å². The van der Waals surface area contributed by atoms with Crippen LogP contribution in [0.4, 0.5) is 4.79 Å². The number of thioether (sulfide) groups is 1. The maximum absolute atomic E-state index is 13.3. The van der Waals surface area contributed by atoms with Crippen molar-refractivity contribution in [3.63, 3.8) is 0 Å². The van der Waals surface area contributed by atoms with Crippen LogP contribution in [0.1, 0.15) is 28.0 Å². The molecule has 1 aliphatic carbocycles. The third-order valence-electron chi connectivity index (χ3n) is 6.33. The van der Waals surface area contributed by atoms with Crippen LogP contribution in [0.5, 0.6) is 0 Å². The molecule has 35 heavy (non-hydrogen) atoms. The lowest BCUT2D eigenvalue weighted by molar-refractivity contribution is -0.138. The minimum atomic E-state index is -0.940. The molecule has 2 unspecified atom stereocenters. The van der Waals surface area contributed by atoms with Gasteiger partial charge in [0.15, 0.2) is 0 Å². The van der Waals surface area contributed by atoms with Crippen LogP contribution >= 0.6 is 23.1 Å². The highest BCUT2D eigenvalue weighted by Crippen LogP contribution is 2.44. The Kier molecular flexibility index (Phi) is 6.79. The van der Waals surface area contributed by atoms with Gasteiger partial charge in [-0.15, -0.1) is 23.1 Å². The van der Waals surface area contributed by atoms with E-state index in [4.69, 9.17) is 4.74 Å². The van der Waals surface area contributed by atoms with E-state index in [2.05, 4.69) is 17.4 Å². The molecule has 0 bridgehead atoms. The van der Waals surface area contributed by atoms with Crippen LogP contribution in [-0.4, -0.2) is 58.7 Å². The first-order valence-corrected chi connectivity index (χ1v) is 13.2. The molecule has 0 radical (unpaired) electrons. The highest BCUT2D eigenvalue weighted by molar-refractivity contribution is 8.00. The summed E-state index contributed by atoms with van der Waals surface area (Å²) in [4.78, 5) is 39.9. The lowest BCUT2D eigenvalue weighted by Crippen LogP contribution is -2.49. The SMILES string of the molecule is O=C(NC(C(=O)N1CCSC(C(=O)O)C1)c1cccs1)OCC1c2ccccc2-c2ccccc21. The van der Waals surface area contributed by atoms with Crippen LogP contribution in [0.3, 0.4) is 0 Å². The number of carboxylic acid groups (broad SMARTS) is 1. The number of fused-ring (bicyclic) bond motifs is 3. The van der Waals surface area contributed by atoms with Crippen LogP contribution in [-0.2, 0) is 14.3 Å². The van der Waals surface area contributed by atoms with E-state index in [1.54, 1.807) is 6.07 Å². The topological polar surface area (TPSA) is 95.9 Å². The Morgan fingerprint density at radius 1 is 1.03 bits per heavy atom. The average Bonchev–Trinajstić information content (AvgIpc) is 3.52. The molecule has 180 valence electrons.